The molecule has 1 aliphatic carbocycles. The summed E-state index contributed by atoms with van der Waals surface area (Å²) in [4.78, 5) is 24.9. The average molecular weight is 257 g/mol. The van der Waals surface area contributed by atoms with Gasteiger partial charge in [-0.25, -0.2) is 0 Å². The van der Waals surface area contributed by atoms with Crippen LogP contribution < -0.4 is 0 Å². The molecule has 0 spiro atoms. The van der Waals surface area contributed by atoms with Gasteiger partial charge in [-0.1, -0.05) is 0 Å². The van der Waals surface area contributed by atoms with Crippen LogP contribution in [0, 0.1) is 11.8 Å². The van der Waals surface area contributed by atoms with Crippen LogP contribution in [-0.4, -0.2) is 61.4 Å². The highest BCUT2D eigenvalue weighted by atomic mass is 16.5. The summed E-state index contributed by atoms with van der Waals surface area (Å²) >= 11 is 0. The lowest BCUT2D eigenvalue weighted by Crippen LogP contribution is -2.52. The molecule has 1 amide bonds. The molecule has 0 radical (unpaired) electrons. The lowest BCUT2D eigenvalue weighted by Gasteiger charge is -2.39. The SMILES string of the molecule is COCC1CN(C(=O)C2CCC2C(=O)O)CCO1. The Hall–Kier alpha value is -1.14. The first-order chi connectivity index (χ1) is 8.63. The lowest BCUT2D eigenvalue weighted by molar-refractivity contribution is -0.160. The molecule has 6 nitrogen and oxygen atoms in total. The molecule has 3 atom stereocenters. The van der Waals surface area contributed by atoms with Gasteiger partial charge < -0.3 is 19.5 Å². The van der Waals surface area contributed by atoms with Crippen LogP contribution in [0.1, 0.15) is 12.8 Å². The van der Waals surface area contributed by atoms with E-state index in [0.29, 0.717) is 39.1 Å². The summed E-state index contributed by atoms with van der Waals surface area (Å²) in [7, 11) is 1.59. The Morgan fingerprint density at radius 2 is 2.11 bits per heavy atom. The summed E-state index contributed by atoms with van der Waals surface area (Å²) in [6.07, 6.45) is 1.19. The van der Waals surface area contributed by atoms with Crippen LogP contribution in [-0.2, 0) is 19.1 Å². The van der Waals surface area contributed by atoms with Gasteiger partial charge in [0.2, 0.25) is 5.91 Å². The fourth-order valence-corrected chi connectivity index (χ4v) is 2.53. The van der Waals surface area contributed by atoms with Crippen LogP contribution in [0.3, 0.4) is 0 Å². The Morgan fingerprint density at radius 1 is 1.39 bits per heavy atom. The number of carbonyl (C=O) groups excluding carboxylic acids is 1. The van der Waals surface area contributed by atoms with Crippen molar-refractivity contribution in [3.05, 3.63) is 0 Å². The summed E-state index contributed by atoms with van der Waals surface area (Å²) in [5.74, 6) is -1.75. The zero-order valence-electron chi connectivity index (χ0n) is 10.5. The molecule has 2 aliphatic rings. The van der Waals surface area contributed by atoms with Crippen molar-refractivity contribution in [1.29, 1.82) is 0 Å². The molecule has 2 fully saturated rings. The van der Waals surface area contributed by atoms with Gasteiger partial charge in [-0.05, 0) is 12.8 Å². The maximum atomic E-state index is 12.2. The highest BCUT2D eigenvalue weighted by molar-refractivity contribution is 5.86. The van der Waals surface area contributed by atoms with Crippen LogP contribution in [0.4, 0.5) is 0 Å². The third kappa shape index (κ3) is 2.64. The quantitative estimate of drug-likeness (QED) is 0.765. The molecule has 0 aromatic rings. The van der Waals surface area contributed by atoms with E-state index in [-0.39, 0.29) is 17.9 Å². The number of aliphatic carboxylic acids is 1. The number of carboxylic acids is 1. The standard InChI is InChI=1S/C12H19NO5/c1-17-7-8-6-13(4-5-18-8)11(14)9-2-3-10(9)12(15)16/h8-10H,2-7H2,1H3,(H,15,16). The molecule has 0 aromatic heterocycles. The molecule has 1 saturated heterocycles. The number of hydrogen-bond donors (Lipinski definition) is 1. The van der Waals surface area contributed by atoms with Crippen molar-refractivity contribution in [2.75, 3.05) is 33.4 Å². The van der Waals surface area contributed by atoms with E-state index < -0.39 is 11.9 Å². The van der Waals surface area contributed by atoms with E-state index in [4.69, 9.17) is 14.6 Å². The Bertz CT molecular complexity index is 330. The molecule has 0 aromatic carbocycles. The maximum absolute atomic E-state index is 12.2. The minimum atomic E-state index is -0.860. The molecule has 3 unspecified atom stereocenters. The molecule has 1 heterocycles. The molecule has 1 N–H and O–H groups in total. The van der Waals surface area contributed by atoms with Gasteiger partial charge in [0, 0.05) is 20.2 Å². The highest BCUT2D eigenvalue weighted by Crippen LogP contribution is 2.36. The third-order valence-corrected chi connectivity index (χ3v) is 3.71. The first-order valence-corrected chi connectivity index (χ1v) is 6.25. The Kier molecular flexibility index (Phi) is 4.19. The number of amides is 1. The lowest BCUT2D eigenvalue weighted by atomic mass is 9.73. The van der Waals surface area contributed by atoms with Gasteiger partial charge in [0.05, 0.1) is 31.2 Å². The normalized spacial score (nSPS) is 31.8. The number of nitrogens with zero attached hydrogens (tertiary/aromatic N) is 1. The van der Waals surface area contributed by atoms with Crippen molar-refractivity contribution in [3.8, 4) is 0 Å². The van der Waals surface area contributed by atoms with Crippen LogP contribution in [0.2, 0.25) is 0 Å². The first-order valence-electron chi connectivity index (χ1n) is 6.25. The fourth-order valence-electron chi connectivity index (χ4n) is 2.53. The molecule has 6 heteroatoms. The van der Waals surface area contributed by atoms with E-state index in [1.165, 1.54) is 0 Å². The zero-order chi connectivity index (χ0) is 13.1. The molecule has 1 saturated carbocycles. The average Bonchev–Trinajstić information content (AvgIpc) is 2.27. The van der Waals surface area contributed by atoms with Gasteiger partial charge in [-0.2, -0.15) is 0 Å². The summed E-state index contributed by atoms with van der Waals surface area (Å²) in [6.45, 7) is 1.98. The zero-order valence-corrected chi connectivity index (χ0v) is 10.5. The third-order valence-electron chi connectivity index (χ3n) is 3.71. The molecule has 102 valence electrons. The van der Waals surface area contributed by atoms with Crippen molar-refractivity contribution >= 4 is 11.9 Å². The number of rotatable bonds is 4. The van der Waals surface area contributed by atoms with E-state index in [9.17, 15) is 9.59 Å². The number of morpholine rings is 1. The second-order valence-electron chi connectivity index (χ2n) is 4.86. The van der Waals surface area contributed by atoms with Crippen molar-refractivity contribution < 1.29 is 24.2 Å². The molecule has 2 rings (SSSR count). The van der Waals surface area contributed by atoms with E-state index in [0.717, 1.165) is 0 Å². The van der Waals surface area contributed by atoms with Gasteiger partial charge >= 0.3 is 5.97 Å². The van der Waals surface area contributed by atoms with Crippen molar-refractivity contribution in [2.24, 2.45) is 11.8 Å². The van der Waals surface area contributed by atoms with Crippen molar-refractivity contribution in [2.45, 2.75) is 18.9 Å². The smallest absolute Gasteiger partial charge is 0.307 e. The number of methoxy groups -OCH3 is 1. The minimum absolute atomic E-state index is 0.0435. The predicted molar refractivity (Wildman–Crippen MR) is 62.0 cm³/mol. The van der Waals surface area contributed by atoms with Gasteiger partial charge in [0.1, 0.15) is 0 Å². The summed E-state index contributed by atoms with van der Waals surface area (Å²) < 4.78 is 10.5. The van der Waals surface area contributed by atoms with Crippen LogP contribution in [0.15, 0.2) is 0 Å². The van der Waals surface area contributed by atoms with Gasteiger partial charge in [-0.3, -0.25) is 9.59 Å². The van der Waals surface area contributed by atoms with Gasteiger partial charge in [-0.15, -0.1) is 0 Å². The molecule has 18 heavy (non-hydrogen) atoms. The molecule has 1 aliphatic heterocycles. The number of hydrogen-bond acceptors (Lipinski definition) is 4. The van der Waals surface area contributed by atoms with Crippen LogP contribution in [0.5, 0.6) is 0 Å². The maximum Gasteiger partial charge on any atom is 0.307 e. The predicted octanol–water partition coefficient (Wildman–Crippen LogP) is -0.0290. The van der Waals surface area contributed by atoms with Crippen LogP contribution in [0.25, 0.3) is 0 Å². The Labute approximate surface area is 106 Å². The highest BCUT2D eigenvalue weighted by Gasteiger charge is 2.43. The minimum Gasteiger partial charge on any atom is -0.481 e. The van der Waals surface area contributed by atoms with Crippen molar-refractivity contribution in [1.82, 2.24) is 4.90 Å². The Balaban J connectivity index is 1.90. The summed E-state index contributed by atoms with van der Waals surface area (Å²) in [5, 5.41) is 8.97. The first kappa shape index (κ1) is 13.3. The van der Waals surface area contributed by atoms with E-state index in [1.807, 2.05) is 0 Å². The van der Waals surface area contributed by atoms with E-state index in [2.05, 4.69) is 0 Å². The van der Waals surface area contributed by atoms with Crippen molar-refractivity contribution in [3.63, 3.8) is 0 Å². The van der Waals surface area contributed by atoms with E-state index >= 15 is 0 Å². The topological polar surface area (TPSA) is 76.1 Å². The van der Waals surface area contributed by atoms with Crippen LogP contribution >= 0.6 is 0 Å². The Morgan fingerprint density at radius 3 is 2.67 bits per heavy atom. The second kappa shape index (κ2) is 5.67. The number of carboxylic acid groups (broad SMARTS) is 1. The van der Waals surface area contributed by atoms with Gasteiger partial charge in [0.25, 0.3) is 0 Å². The van der Waals surface area contributed by atoms with Gasteiger partial charge in [0.15, 0.2) is 0 Å². The molecular formula is C12H19NO5. The molecular weight excluding hydrogens is 238 g/mol. The monoisotopic (exact) mass is 257 g/mol. The second-order valence-corrected chi connectivity index (χ2v) is 4.86. The summed E-state index contributed by atoms with van der Waals surface area (Å²) in [6, 6.07) is 0. The molecule has 0 bridgehead atoms. The summed E-state index contributed by atoms with van der Waals surface area (Å²) in [5.41, 5.74) is 0. The number of carbonyl (C=O) groups is 2. The largest absolute Gasteiger partial charge is 0.481 e. The number of ether oxygens (including phenoxy) is 2. The van der Waals surface area contributed by atoms with E-state index in [1.54, 1.807) is 12.0 Å². The fraction of sp³-hybridized carbons (Fsp3) is 0.833.